The molecule has 0 aliphatic heterocycles. The van der Waals surface area contributed by atoms with Gasteiger partial charge in [-0.1, -0.05) is 12.1 Å². The second-order valence-electron chi connectivity index (χ2n) is 5.58. The summed E-state index contributed by atoms with van der Waals surface area (Å²) in [6.45, 7) is 2.07. The van der Waals surface area contributed by atoms with Crippen LogP contribution in [0.4, 0.5) is 5.69 Å². The number of aryl methyl sites for hydroxylation is 1. The molecule has 0 aliphatic rings. The summed E-state index contributed by atoms with van der Waals surface area (Å²) in [5.74, 6) is 0. The SMILES string of the molecule is Cc1ccc(-c2cnc3ccc4ccc(N)cc4c(=O)c3c2)s1. The van der Waals surface area contributed by atoms with Gasteiger partial charge in [-0.25, -0.2) is 0 Å². The first kappa shape index (κ1) is 13.9. The Morgan fingerprint density at radius 1 is 1.00 bits per heavy atom. The van der Waals surface area contributed by atoms with E-state index >= 15 is 0 Å². The van der Waals surface area contributed by atoms with Gasteiger partial charge < -0.3 is 5.73 Å². The Kier molecular flexibility index (Phi) is 3.13. The molecule has 0 fully saturated rings. The summed E-state index contributed by atoms with van der Waals surface area (Å²) in [6.07, 6.45) is 1.83. The molecule has 2 heterocycles. The van der Waals surface area contributed by atoms with Gasteiger partial charge in [0.25, 0.3) is 0 Å². The minimum absolute atomic E-state index is 0.0325. The molecule has 0 aliphatic carbocycles. The average Bonchev–Trinajstić information content (AvgIpc) is 2.94. The highest BCUT2D eigenvalue weighted by Gasteiger charge is 2.07. The highest BCUT2D eigenvalue weighted by atomic mass is 32.1. The van der Waals surface area contributed by atoms with E-state index in [2.05, 4.69) is 24.0 Å². The number of benzene rings is 1. The van der Waals surface area contributed by atoms with Crippen molar-refractivity contribution in [2.24, 2.45) is 0 Å². The van der Waals surface area contributed by atoms with E-state index in [-0.39, 0.29) is 5.43 Å². The van der Waals surface area contributed by atoms with E-state index in [0.29, 0.717) is 22.0 Å². The molecule has 2 aromatic heterocycles. The van der Waals surface area contributed by atoms with E-state index in [0.717, 1.165) is 15.8 Å². The molecule has 0 bridgehead atoms. The van der Waals surface area contributed by atoms with Crippen LogP contribution in [0.1, 0.15) is 4.88 Å². The second kappa shape index (κ2) is 5.18. The van der Waals surface area contributed by atoms with E-state index in [1.165, 1.54) is 4.88 Å². The number of rotatable bonds is 1. The molecule has 0 unspecified atom stereocenters. The fraction of sp³-hybridized carbons (Fsp3) is 0.0526. The Balaban J connectivity index is 2.09. The predicted molar refractivity (Wildman–Crippen MR) is 98.0 cm³/mol. The lowest BCUT2D eigenvalue weighted by molar-refractivity contribution is 1.42. The minimum Gasteiger partial charge on any atom is -0.399 e. The highest BCUT2D eigenvalue weighted by molar-refractivity contribution is 7.15. The van der Waals surface area contributed by atoms with Crippen molar-refractivity contribution in [1.82, 2.24) is 4.98 Å². The first-order valence-corrected chi connectivity index (χ1v) is 8.12. The largest absolute Gasteiger partial charge is 0.399 e. The standard InChI is InChI=1S/C19H14N2OS/c1-11-2-7-18(23-11)13-8-16-17(21-10-13)6-4-12-3-5-14(20)9-15(12)19(16)22/h2-10H,20H2,1H3. The van der Waals surface area contributed by atoms with Crippen LogP contribution in [-0.2, 0) is 0 Å². The number of hydrogen-bond acceptors (Lipinski definition) is 4. The molecule has 2 N–H and O–H groups in total. The van der Waals surface area contributed by atoms with Gasteiger partial charge in [0.2, 0.25) is 0 Å². The second-order valence-corrected chi connectivity index (χ2v) is 6.86. The molecule has 112 valence electrons. The smallest absolute Gasteiger partial charge is 0.195 e. The number of aromatic nitrogens is 1. The maximum absolute atomic E-state index is 12.9. The Morgan fingerprint density at radius 3 is 2.61 bits per heavy atom. The minimum atomic E-state index is -0.0325. The van der Waals surface area contributed by atoms with Crippen molar-refractivity contribution >= 4 is 38.7 Å². The molecule has 0 spiro atoms. The zero-order valence-electron chi connectivity index (χ0n) is 12.5. The molecule has 23 heavy (non-hydrogen) atoms. The lowest BCUT2D eigenvalue weighted by Gasteiger charge is -1.98. The van der Waals surface area contributed by atoms with Gasteiger partial charge in [0, 0.05) is 38.0 Å². The third-order valence-corrected chi connectivity index (χ3v) is 4.98. The van der Waals surface area contributed by atoms with Crippen LogP contribution in [0, 0.1) is 6.92 Å². The Morgan fingerprint density at radius 2 is 1.83 bits per heavy atom. The van der Waals surface area contributed by atoms with Crippen molar-refractivity contribution < 1.29 is 0 Å². The summed E-state index contributed by atoms with van der Waals surface area (Å²) in [7, 11) is 0. The van der Waals surface area contributed by atoms with Gasteiger partial charge in [-0.15, -0.1) is 11.3 Å². The monoisotopic (exact) mass is 318 g/mol. The summed E-state index contributed by atoms with van der Waals surface area (Å²) in [5, 5.41) is 2.12. The van der Waals surface area contributed by atoms with Gasteiger partial charge in [-0.05, 0) is 48.7 Å². The van der Waals surface area contributed by atoms with Gasteiger partial charge in [-0.2, -0.15) is 0 Å². The van der Waals surface area contributed by atoms with Crippen molar-refractivity contribution in [3.8, 4) is 10.4 Å². The number of anilines is 1. The van der Waals surface area contributed by atoms with Crippen LogP contribution in [-0.4, -0.2) is 4.98 Å². The fourth-order valence-electron chi connectivity index (χ4n) is 2.74. The Labute approximate surface area is 137 Å². The van der Waals surface area contributed by atoms with E-state index in [1.54, 1.807) is 23.5 Å². The van der Waals surface area contributed by atoms with Gasteiger partial charge in [0.15, 0.2) is 5.43 Å². The summed E-state index contributed by atoms with van der Waals surface area (Å²) >= 11 is 1.70. The average molecular weight is 318 g/mol. The van der Waals surface area contributed by atoms with Crippen LogP contribution in [0.15, 0.2) is 59.5 Å². The van der Waals surface area contributed by atoms with Crippen LogP contribution in [0.5, 0.6) is 0 Å². The molecule has 0 saturated heterocycles. The molecule has 4 rings (SSSR count). The van der Waals surface area contributed by atoms with Crippen molar-refractivity contribution in [2.45, 2.75) is 6.92 Å². The topological polar surface area (TPSA) is 56.0 Å². The zero-order valence-corrected chi connectivity index (χ0v) is 13.4. The molecule has 0 atom stereocenters. The number of nitrogen functional groups attached to an aromatic ring is 1. The van der Waals surface area contributed by atoms with E-state index < -0.39 is 0 Å². The van der Waals surface area contributed by atoms with Gasteiger partial charge >= 0.3 is 0 Å². The molecule has 4 heteroatoms. The lowest BCUT2D eigenvalue weighted by Crippen LogP contribution is -2.00. The number of fused-ring (bicyclic) bond motifs is 2. The number of nitrogens with zero attached hydrogens (tertiary/aromatic N) is 1. The summed E-state index contributed by atoms with van der Waals surface area (Å²) in [4.78, 5) is 19.8. The molecular weight excluding hydrogens is 304 g/mol. The third kappa shape index (κ3) is 2.37. The Bertz CT molecular complexity index is 1120. The highest BCUT2D eigenvalue weighted by Crippen LogP contribution is 2.28. The van der Waals surface area contributed by atoms with Crippen LogP contribution >= 0.6 is 11.3 Å². The number of pyridine rings is 1. The van der Waals surface area contributed by atoms with Crippen molar-refractivity contribution in [3.05, 3.63) is 69.8 Å². The Hall–Kier alpha value is -2.72. The van der Waals surface area contributed by atoms with Crippen molar-refractivity contribution in [2.75, 3.05) is 5.73 Å². The number of hydrogen-bond donors (Lipinski definition) is 1. The molecule has 0 radical (unpaired) electrons. The van der Waals surface area contributed by atoms with E-state index in [4.69, 9.17) is 5.73 Å². The van der Waals surface area contributed by atoms with Gasteiger partial charge in [0.05, 0.1) is 5.52 Å². The van der Waals surface area contributed by atoms with E-state index in [1.807, 2.05) is 30.5 Å². The fourth-order valence-corrected chi connectivity index (χ4v) is 3.59. The molecule has 4 aromatic rings. The molecule has 0 saturated carbocycles. The molecule has 3 nitrogen and oxygen atoms in total. The van der Waals surface area contributed by atoms with Crippen LogP contribution in [0.25, 0.3) is 32.1 Å². The van der Waals surface area contributed by atoms with Gasteiger partial charge in [-0.3, -0.25) is 9.78 Å². The number of nitrogens with two attached hydrogens (primary N) is 1. The molecular formula is C19H14N2OS. The third-order valence-electron chi connectivity index (χ3n) is 3.93. The van der Waals surface area contributed by atoms with Crippen LogP contribution in [0.2, 0.25) is 0 Å². The lowest BCUT2D eigenvalue weighted by atomic mass is 10.1. The maximum atomic E-state index is 12.9. The summed E-state index contributed by atoms with van der Waals surface area (Å²) in [5.41, 5.74) is 8.07. The van der Waals surface area contributed by atoms with Crippen LogP contribution in [0.3, 0.4) is 0 Å². The van der Waals surface area contributed by atoms with Gasteiger partial charge in [0.1, 0.15) is 0 Å². The molecule has 2 aromatic carbocycles. The van der Waals surface area contributed by atoms with Crippen LogP contribution < -0.4 is 11.2 Å². The quantitative estimate of drug-likeness (QED) is 0.530. The first-order chi connectivity index (χ1) is 11.1. The molecule has 0 amide bonds. The number of thiophene rings is 1. The van der Waals surface area contributed by atoms with E-state index in [9.17, 15) is 4.79 Å². The summed E-state index contributed by atoms with van der Waals surface area (Å²) in [6, 6.07) is 15.3. The van der Waals surface area contributed by atoms with Crippen molar-refractivity contribution in [1.29, 1.82) is 0 Å². The maximum Gasteiger partial charge on any atom is 0.195 e. The predicted octanol–water partition coefficient (Wildman–Crippen LogP) is 4.37. The normalized spacial score (nSPS) is 11.2. The summed E-state index contributed by atoms with van der Waals surface area (Å²) < 4.78 is 0. The van der Waals surface area contributed by atoms with Crippen molar-refractivity contribution in [3.63, 3.8) is 0 Å². The zero-order chi connectivity index (χ0) is 16.0. The first-order valence-electron chi connectivity index (χ1n) is 7.31.